The molecular formula is C7H14N2O4. The number of carbonyl (C=O) groups excluding carboxylic acids is 1. The molecule has 13 heavy (non-hydrogen) atoms. The van der Waals surface area contributed by atoms with Crippen molar-refractivity contribution in [3.05, 3.63) is 0 Å². The van der Waals surface area contributed by atoms with Crippen molar-refractivity contribution in [2.75, 3.05) is 13.1 Å². The summed E-state index contributed by atoms with van der Waals surface area (Å²) in [7, 11) is 0. The Morgan fingerprint density at radius 3 is 2.38 bits per heavy atom. The first-order chi connectivity index (χ1) is 5.95. The van der Waals surface area contributed by atoms with E-state index in [-0.39, 0.29) is 13.1 Å². The van der Waals surface area contributed by atoms with Gasteiger partial charge in [0.05, 0.1) is 5.92 Å². The second kappa shape index (κ2) is 5.50. The summed E-state index contributed by atoms with van der Waals surface area (Å²) >= 11 is 0. The summed E-state index contributed by atoms with van der Waals surface area (Å²) in [5, 5.41) is 20.0. The lowest BCUT2D eigenvalue weighted by Gasteiger charge is -2.10. The van der Waals surface area contributed by atoms with Gasteiger partial charge in [0.15, 0.2) is 0 Å². The lowest BCUT2D eigenvalue weighted by Crippen LogP contribution is -2.39. The highest BCUT2D eigenvalue weighted by molar-refractivity contribution is 5.78. The minimum absolute atomic E-state index is 0.0209. The minimum atomic E-state index is -1.26. The second-order valence-corrected chi connectivity index (χ2v) is 2.82. The third-order valence-corrected chi connectivity index (χ3v) is 1.54. The number of aliphatic carboxylic acids is 1. The number of aliphatic hydroxyl groups is 1. The number of carboxylic acids is 1. The topological polar surface area (TPSA) is 113 Å². The maximum atomic E-state index is 10.3. The highest BCUT2D eigenvalue weighted by atomic mass is 16.4. The van der Waals surface area contributed by atoms with Crippen molar-refractivity contribution in [1.82, 2.24) is 5.32 Å². The van der Waals surface area contributed by atoms with Crippen molar-refractivity contribution in [1.29, 1.82) is 0 Å². The summed E-state index contributed by atoms with van der Waals surface area (Å²) < 4.78 is 0. The summed E-state index contributed by atoms with van der Waals surface area (Å²) in [6.45, 7) is 1.69. The fraction of sp³-hybridized carbons (Fsp3) is 0.714. The van der Waals surface area contributed by atoms with Crippen LogP contribution >= 0.6 is 0 Å². The van der Waals surface area contributed by atoms with Gasteiger partial charge in [-0.1, -0.05) is 6.92 Å². The number of carbonyl (C=O) groups is 2. The van der Waals surface area contributed by atoms with Crippen LogP contribution in [0.3, 0.4) is 0 Å². The van der Waals surface area contributed by atoms with Crippen molar-refractivity contribution in [3.8, 4) is 0 Å². The van der Waals surface area contributed by atoms with Crippen LogP contribution in [0.25, 0.3) is 0 Å². The largest absolute Gasteiger partial charge is 0.481 e. The molecule has 1 amide bonds. The van der Waals surface area contributed by atoms with Crippen LogP contribution in [0.1, 0.15) is 6.92 Å². The van der Waals surface area contributed by atoms with Gasteiger partial charge in [-0.15, -0.1) is 0 Å². The molecule has 0 radical (unpaired) electrons. The molecule has 0 aliphatic heterocycles. The first-order valence-corrected chi connectivity index (χ1v) is 3.86. The molecule has 0 spiro atoms. The van der Waals surface area contributed by atoms with Gasteiger partial charge in [0.2, 0.25) is 5.91 Å². The Morgan fingerprint density at radius 1 is 1.46 bits per heavy atom. The quantitative estimate of drug-likeness (QED) is 0.392. The molecule has 6 nitrogen and oxygen atoms in total. The molecule has 0 aromatic rings. The first kappa shape index (κ1) is 11.9. The molecule has 2 atom stereocenters. The van der Waals surface area contributed by atoms with Gasteiger partial charge in [0.25, 0.3) is 0 Å². The van der Waals surface area contributed by atoms with Crippen LogP contribution < -0.4 is 11.1 Å². The average molecular weight is 190 g/mol. The third-order valence-electron chi connectivity index (χ3n) is 1.54. The lowest BCUT2D eigenvalue weighted by molar-refractivity contribution is -0.140. The van der Waals surface area contributed by atoms with E-state index in [1.807, 2.05) is 0 Å². The van der Waals surface area contributed by atoms with Crippen LogP contribution in [0.2, 0.25) is 0 Å². The van der Waals surface area contributed by atoms with Gasteiger partial charge in [-0.05, 0) is 0 Å². The Bertz CT molecular complexity index is 175. The standard InChI is InChI=1S/C7H14N2O4/c1-4(7(12)13)2-9-3-5(10)6(8)11/h4-5,9-10H,2-3H2,1H3,(H2,8,11)(H,12,13). The van der Waals surface area contributed by atoms with E-state index in [1.54, 1.807) is 0 Å². The molecule has 0 rings (SSSR count). The van der Waals surface area contributed by atoms with E-state index in [0.717, 1.165) is 0 Å². The number of hydrogen-bond acceptors (Lipinski definition) is 4. The number of aliphatic hydroxyl groups excluding tert-OH is 1. The maximum Gasteiger partial charge on any atom is 0.307 e. The number of carboxylic acid groups (broad SMARTS) is 1. The Balaban J connectivity index is 3.56. The predicted molar refractivity (Wildman–Crippen MR) is 44.9 cm³/mol. The van der Waals surface area contributed by atoms with E-state index in [2.05, 4.69) is 5.32 Å². The van der Waals surface area contributed by atoms with E-state index >= 15 is 0 Å². The molecule has 0 bridgehead atoms. The van der Waals surface area contributed by atoms with E-state index < -0.39 is 23.9 Å². The zero-order chi connectivity index (χ0) is 10.4. The molecule has 0 aromatic carbocycles. The van der Waals surface area contributed by atoms with Gasteiger partial charge in [0, 0.05) is 13.1 Å². The second-order valence-electron chi connectivity index (χ2n) is 2.82. The van der Waals surface area contributed by atoms with Gasteiger partial charge in [0.1, 0.15) is 6.10 Å². The van der Waals surface area contributed by atoms with E-state index in [1.165, 1.54) is 6.92 Å². The maximum absolute atomic E-state index is 10.3. The summed E-state index contributed by atoms with van der Waals surface area (Å²) in [4.78, 5) is 20.6. The summed E-state index contributed by atoms with van der Waals surface area (Å²) in [5.41, 5.74) is 4.77. The number of nitrogens with two attached hydrogens (primary N) is 1. The number of primary amides is 1. The first-order valence-electron chi connectivity index (χ1n) is 3.86. The van der Waals surface area contributed by atoms with Crippen LogP contribution in [0.4, 0.5) is 0 Å². The fourth-order valence-corrected chi connectivity index (χ4v) is 0.624. The van der Waals surface area contributed by atoms with Gasteiger partial charge in [-0.3, -0.25) is 9.59 Å². The molecule has 0 saturated carbocycles. The summed E-state index contributed by atoms with van der Waals surface area (Å²) in [5.74, 6) is -2.31. The van der Waals surface area contributed by atoms with Gasteiger partial charge < -0.3 is 21.3 Å². The minimum Gasteiger partial charge on any atom is -0.481 e. The summed E-state index contributed by atoms with van der Waals surface area (Å²) in [6.07, 6.45) is -1.26. The number of rotatable bonds is 6. The number of amides is 1. The molecule has 2 unspecified atom stereocenters. The van der Waals surface area contributed by atoms with Crippen LogP contribution in [-0.4, -0.2) is 41.3 Å². The molecule has 0 heterocycles. The Labute approximate surface area is 75.7 Å². The zero-order valence-electron chi connectivity index (χ0n) is 7.36. The van der Waals surface area contributed by atoms with E-state index in [4.69, 9.17) is 15.9 Å². The smallest absolute Gasteiger partial charge is 0.307 e. The average Bonchev–Trinajstić information content (AvgIpc) is 2.03. The fourth-order valence-electron chi connectivity index (χ4n) is 0.624. The zero-order valence-corrected chi connectivity index (χ0v) is 7.36. The molecule has 0 aliphatic rings. The van der Waals surface area contributed by atoms with Crippen molar-refractivity contribution in [2.24, 2.45) is 11.7 Å². The predicted octanol–water partition coefficient (Wildman–Crippen LogP) is -1.86. The SMILES string of the molecule is CC(CNCC(O)C(N)=O)C(=O)O. The molecule has 6 heteroatoms. The van der Waals surface area contributed by atoms with Crippen LogP contribution in [0, 0.1) is 5.92 Å². The normalized spacial score (nSPS) is 14.9. The Hall–Kier alpha value is -1.14. The van der Waals surface area contributed by atoms with Gasteiger partial charge in [-0.25, -0.2) is 0 Å². The number of hydrogen-bond donors (Lipinski definition) is 4. The van der Waals surface area contributed by atoms with Crippen molar-refractivity contribution < 1.29 is 19.8 Å². The third kappa shape index (κ3) is 5.15. The van der Waals surface area contributed by atoms with Crippen molar-refractivity contribution >= 4 is 11.9 Å². The molecule has 76 valence electrons. The van der Waals surface area contributed by atoms with Crippen molar-refractivity contribution in [2.45, 2.75) is 13.0 Å². The van der Waals surface area contributed by atoms with Gasteiger partial charge >= 0.3 is 5.97 Å². The molecule has 0 fully saturated rings. The van der Waals surface area contributed by atoms with Crippen LogP contribution in [0.5, 0.6) is 0 Å². The lowest BCUT2D eigenvalue weighted by atomic mass is 10.2. The number of nitrogens with one attached hydrogen (secondary N) is 1. The molecular weight excluding hydrogens is 176 g/mol. The highest BCUT2D eigenvalue weighted by Gasteiger charge is 2.13. The molecule has 0 aromatic heterocycles. The molecule has 0 aliphatic carbocycles. The Morgan fingerprint density at radius 2 is 2.00 bits per heavy atom. The van der Waals surface area contributed by atoms with E-state index in [9.17, 15) is 9.59 Å². The van der Waals surface area contributed by atoms with Crippen molar-refractivity contribution in [3.63, 3.8) is 0 Å². The van der Waals surface area contributed by atoms with Crippen LogP contribution in [-0.2, 0) is 9.59 Å². The molecule has 5 N–H and O–H groups in total. The monoisotopic (exact) mass is 190 g/mol. The van der Waals surface area contributed by atoms with E-state index in [0.29, 0.717) is 0 Å². The highest BCUT2D eigenvalue weighted by Crippen LogP contribution is 1.91. The molecule has 0 saturated heterocycles. The Kier molecular flexibility index (Phi) is 5.01. The van der Waals surface area contributed by atoms with Gasteiger partial charge in [-0.2, -0.15) is 0 Å². The van der Waals surface area contributed by atoms with Crippen LogP contribution in [0.15, 0.2) is 0 Å². The summed E-state index contributed by atoms with van der Waals surface area (Å²) in [6, 6.07) is 0.